The molecule has 10 rings (SSSR count). The fourth-order valence-corrected chi connectivity index (χ4v) is 14.8. The number of sulfonamides is 1. The monoisotopic (exact) mass is 1340 g/mol. The van der Waals surface area contributed by atoms with Crippen LogP contribution in [0.4, 0.5) is 30.2 Å². The second-order valence-corrected chi connectivity index (χ2v) is 27.8. The Kier molecular flexibility index (Phi) is 21.1. The van der Waals surface area contributed by atoms with Crippen LogP contribution in [0.25, 0.3) is 21.6 Å². The van der Waals surface area contributed by atoms with Crippen molar-refractivity contribution in [1.82, 2.24) is 20.5 Å². The van der Waals surface area contributed by atoms with E-state index in [0.29, 0.717) is 68.5 Å². The number of nitrogens with one attached hydrogen (secondary N) is 2. The number of non-ortho nitro benzene ring substituents is 2. The molecule has 21 nitrogen and oxygen atoms in total. The van der Waals surface area contributed by atoms with Crippen molar-refractivity contribution in [3.05, 3.63) is 205 Å². The number of thiazole rings is 1. The number of carbonyl (C=O) groups is 3. The van der Waals surface area contributed by atoms with Gasteiger partial charge in [-0.25, -0.2) is 13.4 Å². The fourth-order valence-electron chi connectivity index (χ4n) is 11.9. The van der Waals surface area contributed by atoms with Crippen molar-refractivity contribution in [2.75, 3.05) is 24.0 Å². The standard InChI is InChI=1S/C69H72F3N7O14S2/c1-42(46-14-16-49(17-15-46)64-43(2)73-41-94-64)74-66(82)57-35-53(80)37-76(57)67(83)65(68(3,4)5)75-60(81)9-7-6-8-34-90-54-32-26-50(27-33-54)77(40-69(70,71)72)95(88,89)59-36-58-61(47-18-28-55(29-19-47)91-38-44-10-22-51(23-11-44)78(84)85)62(63(59)93-58)48-20-30-56(31-21-48)92-39-45-12-24-52(25-13-45)79(86)87/h10-33,41-42,53,57-59,63,65,80H,6-9,34-40H2,1-5H3,(H,74,82)(H,75,81)/t42-,53+,57-,58+,59?,63-,65+/m0/s1. The number of nitrogens with zero attached hydrogens (tertiary/aromatic N) is 5. The highest BCUT2D eigenvalue weighted by Gasteiger charge is 2.55. The van der Waals surface area contributed by atoms with Crippen LogP contribution in [-0.2, 0) is 42.4 Å². The van der Waals surface area contributed by atoms with E-state index in [4.69, 9.17) is 18.9 Å². The predicted molar refractivity (Wildman–Crippen MR) is 351 cm³/mol. The number of nitro benzene ring substituents is 2. The number of hydrogen-bond acceptors (Lipinski definition) is 16. The molecule has 2 bridgehead atoms. The molecule has 7 aromatic rings. The van der Waals surface area contributed by atoms with Gasteiger partial charge >= 0.3 is 6.18 Å². The van der Waals surface area contributed by atoms with Gasteiger partial charge in [-0.1, -0.05) is 69.3 Å². The van der Waals surface area contributed by atoms with Crippen LogP contribution in [0.2, 0.25) is 0 Å². The van der Waals surface area contributed by atoms with Crippen LogP contribution < -0.4 is 29.1 Å². The lowest BCUT2D eigenvalue weighted by Crippen LogP contribution is -2.57. The normalized spacial score (nSPS) is 18.5. The third-order valence-corrected chi connectivity index (χ3v) is 20.1. The molecule has 1 aromatic heterocycles. The smallest absolute Gasteiger partial charge is 0.407 e. The molecule has 95 heavy (non-hydrogen) atoms. The number of aliphatic hydroxyl groups excluding tert-OH is 1. The molecule has 26 heteroatoms. The molecule has 3 aliphatic rings. The third-order valence-electron chi connectivity index (χ3n) is 16.9. The number of amides is 3. The summed E-state index contributed by atoms with van der Waals surface area (Å²) in [6.45, 7) is 7.60. The van der Waals surface area contributed by atoms with Gasteiger partial charge in [0.25, 0.3) is 11.4 Å². The van der Waals surface area contributed by atoms with Gasteiger partial charge < -0.3 is 39.6 Å². The number of anilines is 1. The van der Waals surface area contributed by atoms with Crippen molar-refractivity contribution in [2.24, 2.45) is 5.41 Å². The lowest BCUT2D eigenvalue weighted by molar-refractivity contribution is -0.385. The van der Waals surface area contributed by atoms with E-state index in [-0.39, 0.29) is 74.3 Å². The van der Waals surface area contributed by atoms with E-state index in [0.717, 1.165) is 21.7 Å². The van der Waals surface area contributed by atoms with Crippen molar-refractivity contribution in [1.29, 1.82) is 0 Å². The van der Waals surface area contributed by atoms with Crippen molar-refractivity contribution in [3.8, 4) is 27.7 Å². The average molecular weight is 1340 g/mol. The number of hydrogen-bond donors (Lipinski definition) is 3. The van der Waals surface area contributed by atoms with E-state index in [1.807, 2.05) is 38.1 Å². The van der Waals surface area contributed by atoms with Crippen LogP contribution in [0.3, 0.4) is 0 Å². The van der Waals surface area contributed by atoms with E-state index in [1.165, 1.54) is 53.4 Å². The molecule has 2 fully saturated rings. The number of aromatic nitrogens is 1. The maximum Gasteiger partial charge on any atom is 0.407 e. The van der Waals surface area contributed by atoms with Crippen LogP contribution in [0.5, 0.6) is 17.2 Å². The minimum Gasteiger partial charge on any atom is -0.494 e. The first-order chi connectivity index (χ1) is 45.2. The first-order valence-corrected chi connectivity index (χ1v) is 33.3. The van der Waals surface area contributed by atoms with E-state index in [2.05, 4.69) is 15.6 Å². The Morgan fingerprint density at radius 2 is 1.27 bits per heavy atom. The Morgan fingerprint density at radius 3 is 1.80 bits per heavy atom. The van der Waals surface area contributed by atoms with Crippen molar-refractivity contribution >= 4 is 67.3 Å². The average Bonchev–Trinajstić information content (AvgIpc) is 1.59. The Balaban J connectivity index is 0.758. The van der Waals surface area contributed by atoms with Gasteiger partial charge in [0.05, 0.1) is 56.5 Å². The molecular formula is C69H72F3N7O14S2. The number of aliphatic hydroxyl groups is 1. The maximum atomic E-state index is 14.9. The van der Waals surface area contributed by atoms with Crippen molar-refractivity contribution in [3.63, 3.8) is 0 Å². The number of nitro groups is 2. The van der Waals surface area contributed by atoms with E-state index in [9.17, 15) is 61.3 Å². The number of benzene rings is 6. The molecule has 3 amide bonds. The number of carbonyl (C=O) groups excluding carboxylic acids is 3. The van der Waals surface area contributed by atoms with Gasteiger partial charge in [-0.3, -0.25) is 38.9 Å². The first kappa shape index (κ1) is 68.6. The Bertz CT molecular complexity index is 4040. The third kappa shape index (κ3) is 16.6. The molecule has 0 radical (unpaired) electrons. The zero-order valence-corrected chi connectivity index (χ0v) is 54.3. The van der Waals surface area contributed by atoms with Crippen molar-refractivity contribution in [2.45, 2.75) is 134 Å². The van der Waals surface area contributed by atoms with Crippen LogP contribution in [0, 0.1) is 32.6 Å². The van der Waals surface area contributed by atoms with Gasteiger partial charge in [-0.2, -0.15) is 13.2 Å². The van der Waals surface area contributed by atoms with Gasteiger partial charge in [0.15, 0.2) is 0 Å². The number of aryl methyl sites for hydroxylation is 1. The molecule has 0 saturated carbocycles. The molecule has 3 N–H and O–H groups in total. The maximum absolute atomic E-state index is 14.9. The largest absolute Gasteiger partial charge is 0.494 e. The summed E-state index contributed by atoms with van der Waals surface area (Å²) in [5, 5.41) is 37.5. The molecule has 3 aliphatic heterocycles. The van der Waals surface area contributed by atoms with Gasteiger partial charge in [-0.05, 0) is 162 Å². The summed E-state index contributed by atoms with van der Waals surface area (Å²) in [6, 6.07) is 36.1. The summed E-state index contributed by atoms with van der Waals surface area (Å²) in [5.41, 5.74) is 6.98. The number of halogens is 3. The zero-order chi connectivity index (χ0) is 67.9. The zero-order valence-electron chi connectivity index (χ0n) is 52.7. The number of alkyl halides is 3. The van der Waals surface area contributed by atoms with Crippen LogP contribution in [0.1, 0.15) is 106 Å². The topological polar surface area (TPSA) is 272 Å². The summed E-state index contributed by atoms with van der Waals surface area (Å²) in [4.78, 5) is 69.5. The van der Waals surface area contributed by atoms with Gasteiger partial charge in [0, 0.05) is 43.7 Å². The second kappa shape index (κ2) is 29.2. The van der Waals surface area contributed by atoms with Crippen LogP contribution in [-0.4, -0.2) is 112 Å². The molecule has 6 aromatic carbocycles. The van der Waals surface area contributed by atoms with E-state index < -0.39 is 91.5 Å². The number of β-amino-alcohol motifs (C(OH)–C–C–N with tert-alkyl or cyclic N) is 1. The predicted octanol–water partition coefficient (Wildman–Crippen LogP) is 12.3. The lowest BCUT2D eigenvalue weighted by atomic mass is 9.83. The van der Waals surface area contributed by atoms with Gasteiger partial charge in [0.2, 0.25) is 27.7 Å². The summed E-state index contributed by atoms with van der Waals surface area (Å²) >= 11 is 1.54. The molecule has 1 unspecified atom stereocenters. The molecular weight excluding hydrogens is 1270 g/mol. The molecule has 0 spiro atoms. The Hall–Kier alpha value is -9.24. The number of ether oxygens (including phenoxy) is 4. The van der Waals surface area contributed by atoms with Gasteiger partial charge in [-0.15, -0.1) is 11.3 Å². The highest BCUT2D eigenvalue weighted by molar-refractivity contribution is 7.93. The molecule has 0 aliphatic carbocycles. The summed E-state index contributed by atoms with van der Waals surface area (Å²) in [6.07, 6.45) is -6.70. The number of fused-ring (bicyclic) bond motifs is 2. The Morgan fingerprint density at radius 1 is 0.737 bits per heavy atom. The summed E-state index contributed by atoms with van der Waals surface area (Å²) in [7, 11) is -4.86. The quantitative estimate of drug-likeness (QED) is 0.0245. The molecule has 2 saturated heterocycles. The summed E-state index contributed by atoms with van der Waals surface area (Å²) in [5.74, 6) is -0.175. The molecule has 500 valence electrons. The fraction of sp³-hybridized carbons (Fsp3) is 0.362. The van der Waals surface area contributed by atoms with Crippen LogP contribution >= 0.6 is 11.3 Å². The minimum absolute atomic E-state index is 0.0320. The Labute approximate surface area is 551 Å². The minimum atomic E-state index is -4.97. The summed E-state index contributed by atoms with van der Waals surface area (Å²) < 4.78 is 98.3. The molecule has 4 heterocycles. The second-order valence-electron chi connectivity index (χ2n) is 24.8. The molecule has 7 atom stereocenters. The highest BCUT2D eigenvalue weighted by atomic mass is 32.2. The SMILES string of the molecule is Cc1ncsc1-c1ccc([C@H](C)NC(=O)[C@@H]2C[C@@H](O)CN2C(=O)[C@@H](NC(=O)CCCCCOc2ccc(N(CC(F)(F)F)S(=O)(=O)C3C[C@H]4O[C@@H]3C(c3ccc(OCc5ccc([N+](=O)[O-])cc5)cc3)=C4c3ccc(OCc4ccc([N+](=O)[O-])cc4)cc3)cc2)C(C)(C)C)cc1. The number of rotatable bonds is 27. The lowest BCUT2D eigenvalue weighted by Gasteiger charge is -2.35. The van der Waals surface area contributed by atoms with Crippen LogP contribution in [0.15, 0.2) is 151 Å². The van der Waals surface area contributed by atoms with Crippen molar-refractivity contribution < 1.29 is 69.9 Å². The van der Waals surface area contributed by atoms with E-state index >= 15 is 0 Å². The van der Waals surface area contributed by atoms with E-state index in [1.54, 1.807) is 110 Å². The number of unbranched alkanes of at least 4 members (excludes halogenated alkanes) is 2. The number of likely N-dealkylation sites (tertiary alicyclic amines) is 1. The van der Waals surface area contributed by atoms with Gasteiger partial charge in [0.1, 0.15) is 60.4 Å². The first-order valence-electron chi connectivity index (χ1n) is 30.9. The highest BCUT2D eigenvalue weighted by Crippen LogP contribution is 2.52.